The van der Waals surface area contributed by atoms with Gasteiger partial charge in [0.25, 0.3) is 0 Å². The van der Waals surface area contributed by atoms with Crippen molar-refractivity contribution in [2.24, 2.45) is 0 Å². The Morgan fingerprint density at radius 1 is 1.10 bits per heavy atom. The highest BCUT2D eigenvalue weighted by Crippen LogP contribution is 2.31. The van der Waals surface area contributed by atoms with E-state index in [1.165, 1.54) is 6.92 Å². The van der Waals surface area contributed by atoms with Gasteiger partial charge in [-0.25, -0.2) is 9.97 Å². The SMILES string of the molecule is CCN(CC)CCNC(=O)CCc1cccc(C(S)c2nc(N)c(C#N)c(-c3ccc(NC(C)=O)cc3)n2)n1.Cl. The molecule has 4 N–H and O–H groups in total. The molecule has 10 nitrogen and oxygen atoms in total. The first-order valence-electron chi connectivity index (χ1n) is 12.8. The van der Waals surface area contributed by atoms with Crippen LogP contribution in [0.1, 0.15) is 55.2 Å². The maximum absolute atomic E-state index is 12.3. The number of aromatic nitrogens is 3. The fourth-order valence-corrected chi connectivity index (χ4v) is 4.26. The summed E-state index contributed by atoms with van der Waals surface area (Å²) in [7, 11) is 0. The number of hydrogen-bond donors (Lipinski definition) is 4. The van der Waals surface area contributed by atoms with Crippen LogP contribution in [-0.2, 0) is 16.0 Å². The van der Waals surface area contributed by atoms with Gasteiger partial charge < -0.3 is 21.3 Å². The topological polar surface area (TPSA) is 150 Å². The third kappa shape index (κ3) is 8.91. The molecule has 3 rings (SSSR count). The molecule has 2 heterocycles. The average molecular weight is 583 g/mol. The first kappa shape index (κ1) is 32.5. The van der Waals surface area contributed by atoms with Crippen LogP contribution in [0.4, 0.5) is 11.5 Å². The van der Waals surface area contributed by atoms with E-state index in [1.54, 1.807) is 24.3 Å². The number of hydrogen-bond acceptors (Lipinski definition) is 9. The number of pyridine rings is 1. The van der Waals surface area contributed by atoms with Crippen molar-refractivity contribution in [3.05, 3.63) is 65.2 Å². The number of anilines is 2. The lowest BCUT2D eigenvalue weighted by Crippen LogP contribution is -2.34. The summed E-state index contributed by atoms with van der Waals surface area (Å²) in [6, 6.07) is 14.5. The van der Waals surface area contributed by atoms with Crippen LogP contribution in [0, 0.1) is 11.3 Å². The molecule has 0 radical (unpaired) electrons. The molecule has 0 aliphatic carbocycles. The Morgan fingerprint density at radius 2 is 1.80 bits per heavy atom. The van der Waals surface area contributed by atoms with Gasteiger partial charge in [0.1, 0.15) is 28.5 Å². The lowest BCUT2D eigenvalue weighted by atomic mass is 10.1. The molecule has 0 bridgehead atoms. The number of carbonyl (C=O) groups is 2. The Bertz CT molecular complexity index is 1340. The zero-order chi connectivity index (χ0) is 28.4. The minimum atomic E-state index is -0.611. The number of nitrogens with one attached hydrogen (secondary N) is 2. The molecule has 0 saturated carbocycles. The zero-order valence-electron chi connectivity index (χ0n) is 22.8. The Morgan fingerprint density at radius 3 is 2.42 bits per heavy atom. The number of nitrogens with two attached hydrogens (primary N) is 1. The molecule has 1 atom stereocenters. The number of carbonyl (C=O) groups excluding carboxylic acids is 2. The summed E-state index contributed by atoms with van der Waals surface area (Å²) < 4.78 is 0. The van der Waals surface area contributed by atoms with Crippen LogP contribution in [0.3, 0.4) is 0 Å². The molecule has 0 aliphatic heterocycles. The molecule has 2 aromatic heterocycles. The maximum Gasteiger partial charge on any atom is 0.221 e. The molecule has 0 saturated heterocycles. The predicted molar refractivity (Wildman–Crippen MR) is 162 cm³/mol. The number of aryl methyl sites for hydroxylation is 1. The van der Waals surface area contributed by atoms with E-state index in [2.05, 4.69) is 50.4 Å². The number of thiol groups is 1. The van der Waals surface area contributed by atoms with Crippen LogP contribution < -0.4 is 16.4 Å². The van der Waals surface area contributed by atoms with Crippen molar-refractivity contribution in [3.63, 3.8) is 0 Å². The van der Waals surface area contributed by atoms with Gasteiger partial charge in [0, 0.05) is 43.4 Å². The third-order valence-corrected chi connectivity index (χ3v) is 6.65. The minimum Gasteiger partial charge on any atom is -0.382 e. The summed E-state index contributed by atoms with van der Waals surface area (Å²) in [4.78, 5) is 39.5. The minimum absolute atomic E-state index is 0. The molecule has 212 valence electrons. The summed E-state index contributed by atoms with van der Waals surface area (Å²) in [5.74, 6) is 0.140. The summed E-state index contributed by atoms with van der Waals surface area (Å²) in [6.07, 6.45) is 0.804. The van der Waals surface area contributed by atoms with E-state index in [0.29, 0.717) is 47.8 Å². The molecular weight excluding hydrogens is 548 g/mol. The van der Waals surface area contributed by atoms with Gasteiger partial charge in [-0.2, -0.15) is 17.9 Å². The summed E-state index contributed by atoms with van der Waals surface area (Å²) in [5, 5.41) is 14.8. The second-order valence-electron chi connectivity index (χ2n) is 8.89. The molecule has 1 aromatic carbocycles. The van der Waals surface area contributed by atoms with Crippen molar-refractivity contribution in [1.29, 1.82) is 5.26 Å². The molecule has 0 fully saturated rings. The maximum atomic E-state index is 12.3. The third-order valence-electron chi connectivity index (χ3n) is 6.15. The monoisotopic (exact) mass is 582 g/mol. The zero-order valence-corrected chi connectivity index (χ0v) is 24.6. The Hall–Kier alpha value is -3.72. The van der Waals surface area contributed by atoms with E-state index in [1.807, 2.05) is 18.2 Å². The van der Waals surface area contributed by atoms with Crippen molar-refractivity contribution in [3.8, 4) is 17.3 Å². The first-order valence-corrected chi connectivity index (χ1v) is 13.4. The number of rotatable bonds is 12. The predicted octanol–water partition coefficient (Wildman–Crippen LogP) is 3.78. The highest BCUT2D eigenvalue weighted by atomic mass is 35.5. The van der Waals surface area contributed by atoms with Crippen LogP contribution in [0.15, 0.2) is 42.5 Å². The lowest BCUT2D eigenvalue weighted by Gasteiger charge is -2.18. The first-order chi connectivity index (χ1) is 18.7. The van der Waals surface area contributed by atoms with Gasteiger partial charge in [0.2, 0.25) is 11.8 Å². The number of benzene rings is 1. The molecule has 0 aliphatic rings. The number of likely N-dealkylation sites (N-methyl/N-ethyl adjacent to an activating group) is 1. The van der Waals surface area contributed by atoms with Gasteiger partial charge in [0.05, 0.1) is 11.4 Å². The number of amides is 2. The normalized spacial score (nSPS) is 11.3. The van der Waals surface area contributed by atoms with E-state index in [0.717, 1.165) is 25.3 Å². The van der Waals surface area contributed by atoms with E-state index >= 15 is 0 Å². The Balaban J connectivity index is 0.00000560. The van der Waals surface area contributed by atoms with Gasteiger partial charge in [-0.05, 0) is 43.8 Å². The Kier molecular flexibility index (Phi) is 12.8. The van der Waals surface area contributed by atoms with Crippen LogP contribution >= 0.6 is 25.0 Å². The van der Waals surface area contributed by atoms with Crippen LogP contribution in [-0.4, -0.2) is 57.8 Å². The number of nitrogens with zero attached hydrogens (tertiary/aromatic N) is 5. The van der Waals surface area contributed by atoms with Crippen LogP contribution in [0.25, 0.3) is 11.3 Å². The summed E-state index contributed by atoms with van der Waals surface area (Å²) >= 11 is 4.72. The summed E-state index contributed by atoms with van der Waals surface area (Å²) in [6.45, 7) is 8.97. The van der Waals surface area contributed by atoms with Gasteiger partial charge in [-0.1, -0.05) is 32.0 Å². The van der Waals surface area contributed by atoms with E-state index in [4.69, 9.17) is 18.4 Å². The molecular formula is C28H35ClN8O2S. The Labute approximate surface area is 246 Å². The fraction of sp³-hybridized carbons (Fsp3) is 0.357. The average Bonchev–Trinajstić information content (AvgIpc) is 2.93. The molecule has 2 amide bonds. The molecule has 1 unspecified atom stereocenters. The van der Waals surface area contributed by atoms with Crippen LogP contribution in [0.5, 0.6) is 0 Å². The lowest BCUT2D eigenvalue weighted by molar-refractivity contribution is -0.121. The highest BCUT2D eigenvalue weighted by molar-refractivity contribution is 7.80. The van der Waals surface area contributed by atoms with Crippen molar-refractivity contribution in [2.45, 2.75) is 38.9 Å². The van der Waals surface area contributed by atoms with Crippen molar-refractivity contribution in [2.75, 3.05) is 37.2 Å². The standard InChI is InChI=1S/C28H34N8O2S.ClH/c1-4-36(5-2)16-15-31-24(38)14-13-20-7-6-8-23(33-20)26(39)28-34-25(22(17-29)27(30)35-28)19-9-11-21(12-10-19)32-18(3)37;/h6-12,26,39H,4-5,13-16H2,1-3H3,(H,31,38)(H,32,37)(H2,30,34,35);1H. The molecule has 0 spiro atoms. The van der Waals surface area contributed by atoms with Gasteiger partial charge in [-0.3, -0.25) is 14.6 Å². The smallest absolute Gasteiger partial charge is 0.221 e. The second-order valence-corrected chi connectivity index (χ2v) is 9.41. The van der Waals surface area contributed by atoms with Crippen molar-refractivity contribution in [1.82, 2.24) is 25.2 Å². The second kappa shape index (κ2) is 15.8. The number of halogens is 1. The summed E-state index contributed by atoms with van der Waals surface area (Å²) in [5.41, 5.74) is 9.28. The quantitative estimate of drug-likeness (QED) is 0.236. The molecule has 3 aromatic rings. The van der Waals surface area contributed by atoms with Gasteiger partial charge >= 0.3 is 0 Å². The molecule has 12 heteroatoms. The van der Waals surface area contributed by atoms with E-state index in [9.17, 15) is 14.9 Å². The number of nitrogen functional groups attached to an aromatic ring is 1. The largest absolute Gasteiger partial charge is 0.382 e. The molecule has 40 heavy (non-hydrogen) atoms. The van der Waals surface area contributed by atoms with E-state index < -0.39 is 5.25 Å². The van der Waals surface area contributed by atoms with Crippen LogP contribution in [0.2, 0.25) is 0 Å². The number of nitriles is 1. The van der Waals surface area contributed by atoms with Gasteiger partial charge in [-0.15, -0.1) is 12.4 Å². The fourth-order valence-electron chi connectivity index (χ4n) is 4.00. The van der Waals surface area contributed by atoms with Crippen molar-refractivity contribution < 1.29 is 9.59 Å². The van der Waals surface area contributed by atoms with Gasteiger partial charge in [0.15, 0.2) is 0 Å². The van der Waals surface area contributed by atoms with Crippen molar-refractivity contribution >= 4 is 48.4 Å². The highest BCUT2D eigenvalue weighted by Gasteiger charge is 2.21. The van der Waals surface area contributed by atoms with E-state index in [-0.39, 0.29) is 35.6 Å².